The van der Waals surface area contributed by atoms with Crippen LogP contribution >= 0.6 is 15.9 Å². The maximum atomic E-state index is 13.8. The van der Waals surface area contributed by atoms with Gasteiger partial charge in [-0.05, 0) is 42.8 Å². The van der Waals surface area contributed by atoms with E-state index in [1.807, 2.05) is 24.3 Å². The maximum Gasteiger partial charge on any atom is 0.272 e. The van der Waals surface area contributed by atoms with Crippen LogP contribution in [0, 0.1) is 12.7 Å². The lowest BCUT2D eigenvalue weighted by Crippen LogP contribution is -2.50. The smallest absolute Gasteiger partial charge is 0.272 e. The van der Waals surface area contributed by atoms with Crippen LogP contribution in [0.2, 0.25) is 0 Å². The average Bonchev–Trinajstić information content (AvgIpc) is 3.25. The van der Waals surface area contributed by atoms with Crippen molar-refractivity contribution in [3.8, 4) is 11.3 Å². The molecule has 1 aromatic heterocycles. The summed E-state index contributed by atoms with van der Waals surface area (Å²) in [4.78, 5) is 28.8. The highest BCUT2D eigenvalue weighted by molar-refractivity contribution is 9.10. The van der Waals surface area contributed by atoms with Gasteiger partial charge in [0.1, 0.15) is 11.5 Å². The van der Waals surface area contributed by atoms with Crippen molar-refractivity contribution in [1.29, 1.82) is 0 Å². The van der Waals surface area contributed by atoms with E-state index in [0.29, 0.717) is 48.7 Å². The van der Waals surface area contributed by atoms with E-state index in [2.05, 4.69) is 26.1 Å². The Bertz CT molecular complexity index is 1090. The average molecular weight is 471 g/mol. The minimum atomic E-state index is -0.393. The number of aromatic amines is 1. The Morgan fingerprint density at radius 3 is 2.23 bits per heavy atom. The van der Waals surface area contributed by atoms with Crippen LogP contribution in [0.25, 0.3) is 11.3 Å². The molecule has 3 aromatic rings. The second-order valence-corrected chi connectivity index (χ2v) is 8.14. The molecule has 154 valence electrons. The van der Waals surface area contributed by atoms with Gasteiger partial charge in [-0.25, -0.2) is 4.39 Å². The standard InChI is InChI=1S/C22H20BrFN4O2/c1-14-2-3-16(12-18(14)24)21(29)27-8-10-28(11-9-27)22(30)20-13-19(25-26-20)15-4-6-17(23)7-5-15/h2-7,12-13H,8-11H2,1H3,(H,25,26). The van der Waals surface area contributed by atoms with Crippen molar-refractivity contribution < 1.29 is 14.0 Å². The Labute approximate surface area is 181 Å². The van der Waals surface area contributed by atoms with Crippen LogP contribution in [0.15, 0.2) is 53.0 Å². The Balaban J connectivity index is 1.39. The lowest BCUT2D eigenvalue weighted by Gasteiger charge is -2.34. The summed E-state index contributed by atoms with van der Waals surface area (Å²) in [5.74, 6) is -0.769. The summed E-state index contributed by atoms with van der Waals surface area (Å²) >= 11 is 3.40. The van der Waals surface area contributed by atoms with Gasteiger partial charge in [0.05, 0.1) is 5.69 Å². The Kier molecular flexibility index (Phi) is 5.67. The van der Waals surface area contributed by atoms with Gasteiger partial charge in [0.25, 0.3) is 11.8 Å². The van der Waals surface area contributed by atoms with Crippen LogP contribution in [0.1, 0.15) is 26.4 Å². The van der Waals surface area contributed by atoms with Gasteiger partial charge in [-0.1, -0.05) is 34.1 Å². The summed E-state index contributed by atoms with van der Waals surface area (Å²) in [6.45, 7) is 3.27. The number of piperazine rings is 1. The van der Waals surface area contributed by atoms with Gasteiger partial charge in [-0.3, -0.25) is 14.7 Å². The molecule has 1 aliphatic heterocycles. The van der Waals surface area contributed by atoms with Gasteiger partial charge in [0.2, 0.25) is 0 Å². The van der Waals surface area contributed by atoms with Crippen LogP contribution in [0.4, 0.5) is 4.39 Å². The third kappa shape index (κ3) is 4.14. The van der Waals surface area contributed by atoms with Gasteiger partial charge in [-0.15, -0.1) is 0 Å². The molecule has 0 aliphatic carbocycles. The van der Waals surface area contributed by atoms with E-state index in [1.165, 1.54) is 6.07 Å². The van der Waals surface area contributed by atoms with Crippen LogP contribution in [0.5, 0.6) is 0 Å². The molecule has 0 saturated carbocycles. The van der Waals surface area contributed by atoms with Crippen LogP contribution in [-0.4, -0.2) is 58.0 Å². The molecule has 0 unspecified atom stereocenters. The van der Waals surface area contributed by atoms with Crippen molar-refractivity contribution in [2.24, 2.45) is 0 Å². The van der Waals surface area contributed by atoms with Crippen molar-refractivity contribution in [2.75, 3.05) is 26.2 Å². The van der Waals surface area contributed by atoms with Gasteiger partial charge in [0.15, 0.2) is 0 Å². The molecule has 0 radical (unpaired) electrons. The number of rotatable bonds is 3. The molecule has 1 saturated heterocycles. The molecule has 2 heterocycles. The largest absolute Gasteiger partial charge is 0.335 e. The Morgan fingerprint density at radius 2 is 1.60 bits per heavy atom. The number of nitrogens with zero attached hydrogens (tertiary/aromatic N) is 3. The minimum Gasteiger partial charge on any atom is -0.335 e. The van der Waals surface area contributed by atoms with Crippen molar-refractivity contribution in [2.45, 2.75) is 6.92 Å². The van der Waals surface area contributed by atoms with Gasteiger partial charge < -0.3 is 9.80 Å². The molecule has 4 rings (SSSR count). The van der Waals surface area contributed by atoms with E-state index < -0.39 is 5.82 Å². The first-order valence-electron chi connectivity index (χ1n) is 9.58. The van der Waals surface area contributed by atoms with Crippen molar-refractivity contribution >= 4 is 27.7 Å². The quantitative estimate of drug-likeness (QED) is 0.631. The summed E-state index contributed by atoms with van der Waals surface area (Å²) in [5, 5.41) is 7.05. The van der Waals surface area contributed by atoms with Crippen LogP contribution in [-0.2, 0) is 0 Å². The molecule has 2 aromatic carbocycles. The van der Waals surface area contributed by atoms with E-state index >= 15 is 0 Å². The van der Waals surface area contributed by atoms with E-state index in [0.717, 1.165) is 10.0 Å². The first-order valence-corrected chi connectivity index (χ1v) is 10.4. The molecule has 0 spiro atoms. The number of aryl methyl sites for hydroxylation is 1. The first-order chi connectivity index (χ1) is 14.4. The third-order valence-corrected chi connectivity index (χ3v) is 5.75. The highest BCUT2D eigenvalue weighted by Gasteiger charge is 2.26. The molecule has 1 aliphatic rings. The monoisotopic (exact) mass is 470 g/mol. The molecular weight excluding hydrogens is 451 g/mol. The molecule has 0 bridgehead atoms. The Hall–Kier alpha value is -3.00. The summed E-state index contributed by atoms with van der Waals surface area (Å²) in [7, 11) is 0. The number of halogens is 2. The molecule has 30 heavy (non-hydrogen) atoms. The SMILES string of the molecule is Cc1ccc(C(=O)N2CCN(C(=O)c3cc(-c4ccc(Br)cc4)n[nH]3)CC2)cc1F. The fourth-order valence-electron chi connectivity index (χ4n) is 3.39. The molecule has 1 N–H and O–H groups in total. The number of carbonyl (C=O) groups excluding carboxylic acids is 2. The number of nitrogens with one attached hydrogen (secondary N) is 1. The predicted molar refractivity (Wildman–Crippen MR) is 115 cm³/mol. The third-order valence-electron chi connectivity index (χ3n) is 5.22. The van der Waals surface area contributed by atoms with E-state index in [9.17, 15) is 14.0 Å². The van der Waals surface area contributed by atoms with E-state index in [1.54, 1.807) is 34.9 Å². The zero-order chi connectivity index (χ0) is 21.3. The lowest BCUT2D eigenvalue weighted by atomic mass is 10.1. The van der Waals surface area contributed by atoms with Crippen molar-refractivity contribution in [3.05, 3.63) is 75.6 Å². The predicted octanol–water partition coefficient (Wildman–Crippen LogP) is 3.88. The summed E-state index contributed by atoms with van der Waals surface area (Å²) < 4.78 is 14.7. The number of aromatic nitrogens is 2. The first kappa shape index (κ1) is 20.3. The molecular formula is C22H20BrFN4O2. The van der Waals surface area contributed by atoms with E-state index in [4.69, 9.17) is 0 Å². The second-order valence-electron chi connectivity index (χ2n) is 7.22. The number of hydrogen-bond acceptors (Lipinski definition) is 3. The number of benzene rings is 2. The van der Waals surface area contributed by atoms with Gasteiger partial charge >= 0.3 is 0 Å². The second kappa shape index (κ2) is 8.39. The fourth-order valence-corrected chi connectivity index (χ4v) is 3.66. The topological polar surface area (TPSA) is 69.3 Å². The van der Waals surface area contributed by atoms with Crippen LogP contribution in [0.3, 0.4) is 0 Å². The van der Waals surface area contributed by atoms with Crippen molar-refractivity contribution in [1.82, 2.24) is 20.0 Å². The lowest BCUT2D eigenvalue weighted by molar-refractivity contribution is 0.0532. The molecule has 6 nitrogen and oxygen atoms in total. The number of amides is 2. The number of H-pyrrole nitrogens is 1. The maximum absolute atomic E-state index is 13.8. The Morgan fingerprint density at radius 1 is 0.967 bits per heavy atom. The number of hydrogen-bond donors (Lipinski definition) is 1. The molecule has 2 amide bonds. The summed E-state index contributed by atoms with van der Waals surface area (Å²) in [6, 6.07) is 13.9. The summed E-state index contributed by atoms with van der Waals surface area (Å²) in [6.07, 6.45) is 0. The van der Waals surface area contributed by atoms with Crippen molar-refractivity contribution in [3.63, 3.8) is 0 Å². The molecule has 8 heteroatoms. The molecule has 0 atom stereocenters. The zero-order valence-corrected chi connectivity index (χ0v) is 17.9. The fraction of sp³-hybridized carbons (Fsp3) is 0.227. The highest BCUT2D eigenvalue weighted by atomic mass is 79.9. The normalized spacial score (nSPS) is 14.1. The van der Waals surface area contributed by atoms with Gasteiger partial charge in [0, 0.05) is 41.8 Å². The zero-order valence-electron chi connectivity index (χ0n) is 16.4. The van der Waals surface area contributed by atoms with Gasteiger partial charge in [-0.2, -0.15) is 5.10 Å². The highest BCUT2D eigenvalue weighted by Crippen LogP contribution is 2.21. The van der Waals surface area contributed by atoms with E-state index in [-0.39, 0.29) is 11.8 Å². The molecule has 1 fully saturated rings. The summed E-state index contributed by atoms with van der Waals surface area (Å²) in [5.41, 5.74) is 2.85. The minimum absolute atomic E-state index is 0.153. The number of carbonyl (C=O) groups is 2. The van der Waals surface area contributed by atoms with Crippen LogP contribution < -0.4 is 0 Å².